The molecule has 0 bridgehead atoms. The summed E-state index contributed by atoms with van der Waals surface area (Å²) in [6, 6.07) is 6.35. The minimum Gasteiger partial charge on any atom is -0.310 e. The van der Waals surface area contributed by atoms with Gasteiger partial charge in [-0.1, -0.05) is 6.07 Å². The summed E-state index contributed by atoms with van der Waals surface area (Å²) in [7, 11) is 0. The first-order valence-electron chi connectivity index (χ1n) is 9.01. The number of hydrogen-bond donors (Lipinski definition) is 1. The van der Waals surface area contributed by atoms with E-state index in [0.29, 0.717) is 0 Å². The van der Waals surface area contributed by atoms with E-state index < -0.39 is 0 Å². The Morgan fingerprint density at radius 3 is 2.88 bits per heavy atom. The van der Waals surface area contributed by atoms with Crippen LogP contribution < -0.4 is 5.32 Å². The molecule has 134 valence electrons. The topological polar surface area (TPSA) is 59.5 Å². The average Bonchev–Trinajstić information content (AvgIpc) is 3.19. The van der Waals surface area contributed by atoms with Crippen molar-refractivity contribution in [1.82, 2.24) is 29.3 Å². The van der Waals surface area contributed by atoms with Crippen molar-refractivity contribution in [3.8, 4) is 0 Å². The first kappa shape index (κ1) is 16.7. The molecule has 0 aliphatic rings. The average molecular weight is 348 g/mol. The SMILES string of the molecule is Cc1cc2ncc(C(C)NCCc3cn4cccc(C)c4n3)c(C)n2n1. The third-order valence-corrected chi connectivity index (χ3v) is 4.91. The van der Waals surface area contributed by atoms with Crippen molar-refractivity contribution in [1.29, 1.82) is 0 Å². The monoisotopic (exact) mass is 348 g/mol. The lowest BCUT2D eigenvalue weighted by atomic mass is 10.1. The summed E-state index contributed by atoms with van der Waals surface area (Å²) in [4.78, 5) is 9.27. The van der Waals surface area contributed by atoms with Crippen LogP contribution in [0.5, 0.6) is 0 Å². The van der Waals surface area contributed by atoms with E-state index in [0.717, 1.165) is 41.3 Å². The Morgan fingerprint density at radius 2 is 2.08 bits per heavy atom. The zero-order chi connectivity index (χ0) is 18.3. The van der Waals surface area contributed by atoms with Crippen LogP contribution in [0.2, 0.25) is 0 Å². The molecule has 0 fully saturated rings. The van der Waals surface area contributed by atoms with Gasteiger partial charge in [-0.05, 0) is 39.3 Å². The molecule has 6 nitrogen and oxygen atoms in total. The molecule has 6 heteroatoms. The van der Waals surface area contributed by atoms with Crippen LogP contribution in [0.4, 0.5) is 0 Å². The maximum atomic E-state index is 4.74. The minimum atomic E-state index is 0.204. The lowest BCUT2D eigenvalue weighted by Gasteiger charge is -2.16. The van der Waals surface area contributed by atoms with E-state index in [1.807, 2.05) is 29.9 Å². The van der Waals surface area contributed by atoms with Crippen LogP contribution in [0, 0.1) is 20.8 Å². The highest BCUT2D eigenvalue weighted by atomic mass is 15.3. The van der Waals surface area contributed by atoms with Crippen LogP contribution in [0.1, 0.15) is 41.2 Å². The van der Waals surface area contributed by atoms with Crippen molar-refractivity contribution >= 4 is 11.3 Å². The summed E-state index contributed by atoms with van der Waals surface area (Å²) >= 11 is 0. The molecule has 4 heterocycles. The van der Waals surface area contributed by atoms with Crippen molar-refractivity contribution in [3.63, 3.8) is 0 Å². The van der Waals surface area contributed by atoms with Gasteiger partial charge < -0.3 is 9.72 Å². The fourth-order valence-electron chi connectivity index (χ4n) is 3.45. The second-order valence-electron chi connectivity index (χ2n) is 6.93. The molecule has 0 aromatic carbocycles. The van der Waals surface area contributed by atoms with Crippen molar-refractivity contribution in [2.45, 2.75) is 40.2 Å². The van der Waals surface area contributed by atoms with Gasteiger partial charge in [0.15, 0.2) is 5.65 Å². The fraction of sp³-hybridized carbons (Fsp3) is 0.350. The third-order valence-electron chi connectivity index (χ3n) is 4.91. The first-order chi connectivity index (χ1) is 12.5. The van der Waals surface area contributed by atoms with Crippen molar-refractivity contribution in [2.24, 2.45) is 0 Å². The van der Waals surface area contributed by atoms with Crippen molar-refractivity contribution in [2.75, 3.05) is 6.54 Å². The number of pyridine rings is 1. The molecule has 0 saturated carbocycles. The van der Waals surface area contributed by atoms with Gasteiger partial charge in [0, 0.05) is 54.9 Å². The summed E-state index contributed by atoms with van der Waals surface area (Å²) < 4.78 is 4.02. The van der Waals surface area contributed by atoms with E-state index in [2.05, 4.69) is 58.9 Å². The molecule has 4 aromatic rings. The Morgan fingerprint density at radius 1 is 1.23 bits per heavy atom. The van der Waals surface area contributed by atoms with Gasteiger partial charge in [0.2, 0.25) is 0 Å². The number of aryl methyl sites for hydroxylation is 3. The second-order valence-corrected chi connectivity index (χ2v) is 6.93. The van der Waals surface area contributed by atoms with E-state index in [4.69, 9.17) is 4.98 Å². The molecule has 0 saturated heterocycles. The highest BCUT2D eigenvalue weighted by molar-refractivity contribution is 5.48. The smallest absolute Gasteiger partial charge is 0.155 e. The number of hydrogen-bond acceptors (Lipinski definition) is 4. The van der Waals surface area contributed by atoms with Crippen LogP contribution in [0.3, 0.4) is 0 Å². The van der Waals surface area contributed by atoms with Gasteiger partial charge >= 0.3 is 0 Å². The van der Waals surface area contributed by atoms with Crippen LogP contribution in [0.25, 0.3) is 11.3 Å². The Hall–Kier alpha value is -2.73. The molecule has 1 atom stereocenters. The number of nitrogens with zero attached hydrogens (tertiary/aromatic N) is 5. The molecule has 1 N–H and O–H groups in total. The zero-order valence-electron chi connectivity index (χ0n) is 15.7. The van der Waals surface area contributed by atoms with E-state index in [1.54, 1.807) is 0 Å². The zero-order valence-corrected chi connectivity index (χ0v) is 15.7. The summed E-state index contributed by atoms with van der Waals surface area (Å²) in [6.45, 7) is 9.21. The van der Waals surface area contributed by atoms with Gasteiger partial charge in [0.05, 0.1) is 11.4 Å². The lowest BCUT2D eigenvalue weighted by molar-refractivity contribution is 0.565. The quantitative estimate of drug-likeness (QED) is 0.602. The standard InChI is InChI=1S/C20H24N6/c1-13-6-5-9-25-12-17(23-20(13)25)7-8-21-15(3)18-11-22-19-10-14(2)24-26(19)16(18)4/h5-6,9-12,15,21H,7-8H2,1-4H3. The minimum absolute atomic E-state index is 0.204. The summed E-state index contributed by atoms with van der Waals surface area (Å²) in [6.07, 6.45) is 7.00. The van der Waals surface area contributed by atoms with E-state index in [1.165, 1.54) is 11.1 Å². The second kappa shape index (κ2) is 6.53. The van der Waals surface area contributed by atoms with Gasteiger partial charge in [-0.3, -0.25) is 0 Å². The first-order valence-corrected chi connectivity index (χ1v) is 9.01. The predicted octanol–water partition coefficient (Wildman–Crippen LogP) is 3.20. The maximum Gasteiger partial charge on any atom is 0.155 e. The molecule has 0 radical (unpaired) electrons. The molecule has 0 amide bonds. The summed E-state index contributed by atoms with van der Waals surface area (Å²) in [5, 5.41) is 8.12. The normalized spacial score (nSPS) is 12.9. The molecule has 4 aromatic heterocycles. The number of imidazole rings is 1. The molecule has 0 spiro atoms. The van der Waals surface area contributed by atoms with Gasteiger partial charge in [0.25, 0.3) is 0 Å². The van der Waals surface area contributed by atoms with Crippen LogP contribution >= 0.6 is 0 Å². The van der Waals surface area contributed by atoms with Crippen LogP contribution in [0.15, 0.2) is 36.8 Å². The van der Waals surface area contributed by atoms with Gasteiger partial charge in [-0.15, -0.1) is 0 Å². The molecule has 26 heavy (non-hydrogen) atoms. The Balaban J connectivity index is 1.45. The predicted molar refractivity (Wildman–Crippen MR) is 103 cm³/mol. The third kappa shape index (κ3) is 2.97. The maximum absolute atomic E-state index is 4.74. The Kier molecular flexibility index (Phi) is 4.20. The fourth-order valence-corrected chi connectivity index (χ4v) is 3.45. The summed E-state index contributed by atoms with van der Waals surface area (Å²) in [5.41, 5.74) is 7.53. The van der Waals surface area contributed by atoms with Crippen LogP contribution in [-0.2, 0) is 6.42 Å². The molecule has 4 rings (SSSR count). The Bertz CT molecular complexity index is 1070. The van der Waals surface area contributed by atoms with Gasteiger partial charge in [-0.2, -0.15) is 5.10 Å². The molecule has 0 aliphatic heterocycles. The highest BCUT2D eigenvalue weighted by Crippen LogP contribution is 2.18. The van der Waals surface area contributed by atoms with E-state index >= 15 is 0 Å². The number of fused-ring (bicyclic) bond motifs is 2. The molecule has 0 aliphatic carbocycles. The lowest BCUT2D eigenvalue weighted by Crippen LogP contribution is -2.23. The largest absolute Gasteiger partial charge is 0.310 e. The number of nitrogens with one attached hydrogen (secondary N) is 1. The van der Waals surface area contributed by atoms with Crippen molar-refractivity contribution < 1.29 is 0 Å². The van der Waals surface area contributed by atoms with E-state index in [9.17, 15) is 0 Å². The molecule has 1 unspecified atom stereocenters. The van der Waals surface area contributed by atoms with Gasteiger partial charge in [0.1, 0.15) is 5.65 Å². The van der Waals surface area contributed by atoms with E-state index in [-0.39, 0.29) is 6.04 Å². The molecular formula is C20H24N6. The Labute approximate surface area is 152 Å². The molecular weight excluding hydrogens is 324 g/mol. The highest BCUT2D eigenvalue weighted by Gasteiger charge is 2.13. The number of rotatable bonds is 5. The van der Waals surface area contributed by atoms with Gasteiger partial charge in [-0.25, -0.2) is 14.5 Å². The van der Waals surface area contributed by atoms with Crippen LogP contribution in [-0.4, -0.2) is 30.5 Å². The summed E-state index contributed by atoms with van der Waals surface area (Å²) in [5.74, 6) is 0. The van der Waals surface area contributed by atoms with Crippen molar-refractivity contribution in [3.05, 3.63) is 65.0 Å². The number of aromatic nitrogens is 5.